The number of carbonyl (C=O) groups is 1. The van der Waals surface area contributed by atoms with Crippen LogP contribution in [0, 0.1) is 25.2 Å². The number of amides is 1. The van der Waals surface area contributed by atoms with E-state index in [9.17, 15) is 4.79 Å². The van der Waals surface area contributed by atoms with Crippen LogP contribution in [0.2, 0.25) is 0 Å². The molecule has 30 heavy (non-hydrogen) atoms. The summed E-state index contributed by atoms with van der Waals surface area (Å²) in [6.07, 6.45) is 7.21. The highest BCUT2D eigenvalue weighted by Crippen LogP contribution is 2.41. The third-order valence-corrected chi connectivity index (χ3v) is 7.04. The van der Waals surface area contributed by atoms with Crippen LogP contribution < -0.4 is 10.2 Å². The predicted molar refractivity (Wildman–Crippen MR) is 116 cm³/mol. The van der Waals surface area contributed by atoms with E-state index in [-0.39, 0.29) is 17.4 Å². The molecule has 3 fully saturated rings. The van der Waals surface area contributed by atoms with Crippen molar-refractivity contribution in [3.8, 4) is 0 Å². The molecule has 1 unspecified atom stereocenters. The first-order chi connectivity index (χ1) is 14.5. The second kappa shape index (κ2) is 9.60. The molecule has 4 rings (SSSR count). The van der Waals surface area contributed by atoms with E-state index >= 15 is 0 Å². The number of rotatable bonds is 5. The first-order valence-corrected chi connectivity index (χ1v) is 11.5. The Morgan fingerprint density at radius 2 is 1.83 bits per heavy atom. The van der Waals surface area contributed by atoms with Crippen molar-refractivity contribution in [3.63, 3.8) is 0 Å². The van der Waals surface area contributed by atoms with Crippen LogP contribution in [0.1, 0.15) is 56.3 Å². The second-order valence-electron chi connectivity index (χ2n) is 9.47. The Balaban J connectivity index is 1.19. The lowest BCUT2D eigenvalue weighted by Crippen LogP contribution is -2.48. The molecule has 1 atom stereocenters. The van der Waals surface area contributed by atoms with Crippen LogP contribution in [0.3, 0.4) is 0 Å². The molecular formula is C23H36N4O3. The highest BCUT2D eigenvalue weighted by molar-refractivity contribution is 5.76. The Morgan fingerprint density at radius 1 is 1.13 bits per heavy atom. The Labute approximate surface area is 179 Å². The third-order valence-electron chi connectivity index (χ3n) is 7.04. The third kappa shape index (κ3) is 5.49. The molecule has 0 radical (unpaired) electrons. The molecule has 1 aromatic rings. The number of nitrogens with one attached hydrogen (secondary N) is 1. The van der Waals surface area contributed by atoms with Crippen LogP contribution >= 0.6 is 0 Å². The molecule has 1 aromatic heterocycles. The number of piperidine rings is 1. The number of nitrogens with zero attached hydrogens (tertiary/aromatic N) is 3. The molecule has 7 nitrogen and oxygen atoms in total. The van der Waals surface area contributed by atoms with E-state index < -0.39 is 0 Å². The zero-order valence-electron chi connectivity index (χ0n) is 18.5. The van der Waals surface area contributed by atoms with Crippen LogP contribution in [-0.4, -0.2) is 61.4 Å². The molecular weight excluding hydrogens is 380 g/mol. The lowest BCUT2D eigenvalue weighted by atomic mass is 9.73. The summed E-state index contributed by atoms with van der Waals surface area (Å²) in [4.78, 5) is 23.8. The average molecular weight is 417 g/mol. The van der Waals surface area contributed by atoms with E-state index in [0.29, 0.717) is 18.9 Å². The predicted octanol–water partition coefficient (Wildman–Crippen LogP) is 2.79. The molecule has 1 spiro atoms. The minimum absolute atomic E-state index is 0.148. The topological polar surface area (TPSA) is 76.6 Å². The SMILES string of the molecule is Cc1cc(C)nc(N2CCC3(CCC(CNC(=O)CC4CCOCC4)OC3)CC2)n1. The number of carbonyl (C=O) groups excluding carboxylic acids is 1. The lowest BCUT2D eigenvalue weighted by molar-refractivity contribution is -0.124. The molecule has 3 saturated heterocycles. The van der Waals surface area contributed by atoms with E-state index in [4.69, 9.17) is 9.47 Å². The maximum absolute atomic E-state index is 12.2. The van der Waals surface area contributed by atoms with Crippen LogP contribution in [-0.2, 0) is 14.3 Å². The normalized spacial score (nSPS) is 24.7. The van der Waals surface area contributed by atoms with Gasteiger partial charge in [0.05, 0.1) is 12.7 Å². The van der Waals surface area contributed by atoms with Gasteiger partial charge in [-0.15, -0.1) is 0 Å². The summed E-state index contributed by atoms with van der Waals surface area (Å²) >= 11 is 0. The van der Waals surface area contributed by atoms with Gasteiger partial charge in [0.15, 0.2) is 0 Å². The van der Waals surface area contributed by atoms with Gasteiger partial charge < -0.3 is 19.7 Å². The van der Waals surface area contributed by atoms with E-state index in [2.05, 4.69) is 20.2 Å². The zero-order chi connectivity index (χ0) is 21.0. The van der Waals surface area contributed by atoms with Gasteiger partial charge in [-0.25, -0.2) is 9.97 Å². The van der Waals surface area contributed by atoms with Crippen molar-refractivity contribution in [3.05, 3.63) is 17.5 Å². The van der Waals surface area contributed by atoms with Gasteiger partial charge in [-0.2, -0.15) is 0 Å². The van der Waals surface area contributed by atoms with Crippen LogP contribution in [0.5, 0.6) is 0 Å². The summed E-state index contributed by atoms with van der Waals surface area (Å²) in [5.41, 5.74) is 2.33. The molecule has 166 valence electrons. The van der Waals surface area contributed by atoms with Crippen LogP contribution in [0.25, 0.3) is 0 Å². The molecule has 1 N–H and O–H groups in total. The molecule has 3 aliphatic heterocycles. The van der Waals surface area contributed by atoms with Crippen molar-refractivity contribution in [2.75, 3.05) is 44.4 Å². The van der Waals surface area contributed by atoms with Crippen molar-refractivity contribution in [2.45, 2.75) is 64.9 Å². The summed E-state index contributed by atoms with van der Waals surface area (Å²) in [6, 6.07) is 2.02. The molecule has 0 aromatic carbocycles. The molecule has 3 aliphatic rings. The van der Waals surface area contributed by atoms with Crippen LogP contribution in [0.4, 0.5) is 5.95 Å². The molecule has 0 bridgehead atoms. The summed E-state index contributed by atoms with van der Waals surface area (Å²) in [7, 11) is 0. The first-order valence-electron chi connectivity index (χ1n) is 11.5. The fourth-order valence-corrected chi connectivity index (χ4v) is 5.01. The second-order valence-corrected chi connectivity index (χ2v) is 9.47. The van der Waals surface area contributed by atoms with Gasteiger partial charge in [0.1, 0.15) is 0 Å². The summed E-state index contributed by atoms with van der Waals surface area (Å²) < 4.78 is 11.6. The molecule has 7 heteroatoms. The minimum atomic E-state index is 0.148. The van der Waals surface area contributed by atoms with Gasteiger partial charge in [-0.3, -0.25) is 4.79 Å². The van der Waals surface area contributed by atoms with Gasteiger partial charge >= 0.3 is 0 Å². The Kier molecular flexibility index (Phi) is 6.88. The lowest BCUT2D eigenvalue weighted by Gasteiger charge is -2.45. The van der Waals surface area contributed by atoms with Crippen LogP contribution in [0.15, 0.2) is 6.07 Å². The van der Waals surface area contributed by atoms with Crippen molar-refractivity contribution < 1.29 is 14.3 Å². The fourth-order valence-electron chi connectivity index (χ4n) is 5.01. The molecule has 1 amide bonds. The molecule has 0 saturated carbocycles. The van der Waals surface area contributed by atoms with Crippen molar-refractivity contribution in [1.82, 2.24) is 15.3 Å². The number of ether oxygens (including phenoxy) is 2. The van der Waals surface area contributed by atoms with Crippen molar-refractivity contribution >= 4 is 11.9 Å². The van der Waals surface area contributed by atoms with Crippen molar-refractivity contribution in [2.24, 2.45) is 11.3 Å². The van der Waals surface area contributed by atoms with Gasteiger partial charge in [0.25, 0.3) is 0 Å². The Hall–Kier alpha value is -1.73. The first kappa shape index (κ1) is 21.5. The smallest absolute Gasteiger partial charge is 0.225 e. The zero-order valence-corrected chi connectivity index (χ0v) is 18.5. The number of aromatic nitrogens is 2. The fraction of sp³-hybridized carbons (Fsp3) is 0.783. The van der Waals surface area contributed by atoms with Gasteiger partial charge in [0, 0.05) is 50.7 Å². The average Bonchev–Trinajstić information content (AvgIpc) is 2.74. The Bertz CT molecular complexity index is 697. The quantitative estimate of drug-likeness (QED) is 0.795. The van der Waals surface area contributed by atoms with Gasteiger partial charge in [0.2, 0.25) is 11.9 Å². The van der Waals surface area contributed by atoms with Gasteiger partial charge in [-0.05, 0) is 69.8 Å². The van der Waals surface area contributed by atoms with E-state index in [0.717, 1.165) is 82.4 Å². The Morgan fingerprint density at radius 3 is 2.47 bits per heavy atom. The highest BCUT2D eigenvalue weighted by Gasteiger charge is 2.39. The van der Waals surface area contributed by atoms with E-state index in [1.54, 1.807) is 0 Å². The van der Waals surface area contributed by atoms with E-state index in [1.807, 2.05) is 19.9 Å². The number of hydrogen-bond donors (Lipinski definition) is 1. The number of hydrogen-bond acceptors (Lipinski definition) is 6. The maximum atomic E-state index is 12.2. The highest BCUT2D eigenvalue weighted by atomic mass is 16.5. The number of anilines is 1. The number of aryl methyl sites for hydroxylation is 2. The van der Waals surface area contributed by atoms with Crippen molar-refractivity contribution in [1.29, 1.82) is 0 Å². The monoisotopic (exact) mass is 416 g/mol. The molecule has 0 aliphatic carbocycles. The standard InChI is InChI=1S/C23H36N4O3/c1-17-13-18(2)26-22(25-17)27-9-7-23(8-10-27)6-3-20(30-16-23)15-24-21(28)14-19-4-11-29-12-5-19/h13,19-20H,3-12,14-16H2,1-2H3,(H,24,28). The maximum Gasteiger partial charge on any atom is 0.225 e. The summed E-state index contributed by atoms with van der Waals surface area (Å²) in [5.74, 6) is 1.50. The largest absolute Gasteiger partial charge is 0.381 e. The van der Waals surface area contributed by atoms with E-state index in [1.165, 1.54) is 6.42 Å². The minimum Gasteiger partial charge on any atom is -0.381 e. The van der Waals surface area contributed by atoms with Gasteiger partial charge in [-0.1, -0.05) is 0 Å². The summed E-state index contributed by atoms with van der Waals surface area (Å²) in [6.45, 7) is 9.05. The molecule has 4 heterocycles. The summed E-state index contributed by atoms with van der Waals surface area (Å²) in [5, 5.41) is 3.10.